The van der Waals surface area contributed by atoms with Crippen molar-refractivity contribution in [1.82, 2.24) is 0 Å². The van der Waals surface area contributed by atoms with Gasteiger partial charge < -0.3 is 31.7 Å². The average Bonchev–Trinajstić information content (AvgIpc) is 1.33. The maximum absolute atomic E-state index is 14.8. The van der Waals surface area contributed by atoms with E-state index in [2.05, 4.69) is 0 Å². The van der Waals surface area contributed by atoms with Gasteiger partial charge in [-0.05, 0) is 140 Å². The van der Waals surface area contributed by atoms with Crippen LogP contribution < -0.4 is 17.0 Å². The maximum atomic E-state index is 14.8. The first-order chi connectivity index (χ1) is 38.6. The Hall–Kier alpha value is -7.04. The fourth-order valence-corrected chi connectivity index (χ4v) is 10.8. The Labute approximate surface area is 478 Å². The van der Waals surface area contributed by atoms with Crippen LogP contribution in [-0.2, 0) is 73.7 Å². The molecule has 0 spiro atoms. The van der Waals surface area contributed by atoms with Gasteiger partial charge in [-0.15, -0.1) is 0 Å². The minimum atomic E-state index is -5.83. The van der Waals surface area contributed by atoms with Crippen molar-refractivity contribution in [3.63, 3.8) is 0 Å². The summed E-state index contributed by atoms with van der Waals surface area (Å²) >= 11 is 0. The molecule has 1 aliphatic heterocycles. The second-order valence-electron chi connectivity index (χ2n) is 20.8. The van der Waals surface area contributed by atoms with E-state index < -0.39 is 203 Å². The number of aliphatic hydroxyl groups is 2. The van der Waals surface area contributed by atoms with Gasteiger partial charge in [0.2, 0.25) is 0 Å². The first kappa shape index (κ1) is 64.9. The van der Waals surface area contributed by atoms with Crippen molar-refractivity contribution in [2.24, 2.45) is 0 Å². The number of alkyl halides is 24. The van der Waals surface area contributed by atoms with Gasteiger partial charge in [-0.2, -0.15) is 105 Å². The highest BCUT2D eigenvalue weighted by Gasteiger charge is 2.51. The monoisotopic (exact) mass is 1310 g/mol. The van der Waals surface area contributed by atoms with Gasteiger partial charge >= 0.3 is 49.4 Å². The van der Waals surface area contributed by atoms with Gasteiger partial charge in [-0.25, -0.2) is 0 Å². The molecule has 8 aromatic carbocycles. The lowest BCUT2D eigenvalue weighted by molar-refractivity contribution is -0.916. The lowest BCUT2D eigenvalue weighted by atomic mass is 9.72. The summed E-state index contributed by atoms with van der Waals surface area (Å²) < 4.78 is 355. The molecule has 0 aliphatic carbocycles. The van der Waals surface area contributed by atoms with Crippen LogP contribution in [0.1, 0.15) is 89.0 Å². The molecule has 28 heteroatoms. The largest absolute Gasteiger partial charge is 1.00 e. The van der Waals surface area contributed by atoms with E-state index in [1.165, 1.54) is 50.5 Å². The molecule has 0 aromatic heterocycles. The van der Waals surface area contributed by atoms with E-state index in [0.29, 0.717) is 0 Å². The zero-order chi connectivity index (χ0) is 63.2. The van der Waals surface area contributed by atoms with Crippen molar-refractivity contribution in [3.05, 3.63) is 222 Å². The lowest BCUT2D eigenvalue weighted by Gasteiger charge is -2.37. The summed E-state index contributed by atoms with van der Waals surface area (Å²) in [5.74, 6) is 0. The number of nitrogens with zero attached hydrogens (tertiary/aromatic N) is 1. The first-order valence-corrected chi connectivity index (χ1v) is 24.2. The molecule has 0 fully saturated rings. The molecule has 0 amide bonds. The SMILES string of the molecule is C[N+]1(C)Cc2c(C(O)(c3cc(C(F)(F)F)cc(C(F)(F)F)c3)c3cc(C(F)(F)F)cc(C(F)(F)F)c3)cc3ccccc3c2-c2c(c(C(O)(c3cc(C(F)(F)F)cc(C(F)(F)F)c3)c3cc(C(F)(F)F)cc(C(F)(F)F)c3)cc3ccccc23)C1.[Br-]. The summed E-state index contributed by atoms with van der Waals surface area (Å²) in [4.78, 5) is 0. The van der Waals surface area contributed by atoms with E-state index in [1.54, 1.807) is 0 Å². The molecular weight excluding hydrogens is 1280 g/mol. The third-order valence-electron chi connectivity index (χ3n) is 14.5. The maximum Gasteiger partial charge on any atom is 0.416 e. The molecule has 0 atom stereocenters. The van der Waals surface area contributed by atoms with Crippen LogP contribution in [0.2, 0.25) is 0 Å². The highest BCUT2D eigenvalue weighted by atomic mass is 79.9. The van der Waals surface area contributed by atoms with Crippen LogP contribution >= 0.6 is 0 Å². The topological polar surface area (TPSA) is 40.5 Å². The van der Waals surface area contributed by atoms with Crippen LogP contribution in [0.3, 0.4) is 0 Å². The molecule has 3 nitrogen and oxygen atoms in total. The molecule has 0 bridgehead atoms. The van der Waals surface area contributed by atoms with Gasteiger partial charge in [0, 0.05) is 22.3 Å². The molecule has 0 radical (unpaired) electrons. The zero-order valence-corrected chi connectivity index (χ0v) is 44.5. The van der Waals surface area contributed by atoms with Crippen molar-refractivity contribution in [1.29, 1.82) is 0 Å². The highest BCUT2D eigenvalue weighted by Crippen LogP contribution is 2.56. The lowest BCUT2D eigenvalue weighted by Crippen LogP contribution is -3.00. The molecule has 0 saturated carbocycles. The van der Waals surface area contributed by atoms with Gasteiger partial charge in [-0.1, -0.05) is 48.5 Å². The molecule has 0 saturated heterocycles. The molecule has 86 heavy (non-hydrogen) atoms. The molecule has 458 valence electrons. The number of fused-ring (bicyclic) bond motifs is 7. The smallest absolute Gasteiger partial charge is 0.416 e. The Balaban J connectivity index is 0.00000961. The Bertz CT molecular complexity index is 3440. The number of halogens is 25. The fourth-order valence-electron chi connectivity index (χ4n) is 10.8. The standard InChI is InChI=1S/C58H34F24NO2.BrH/c1-83(2)25-43-45(49(84,29-13-33(51(59,60)61)21-34(14-29)52(62,63)64)30-15-35(53(65,66)67)22-36(16-30)54(68,69)70)11-27-7-3-5-9-41(27)47(43)48-42-10-6-4-8-28(42)12-46(44(48)26-83)50(85,31-17-37(55(71,72)73)23-38(18-31)56(74,75)76)32-19-39(57(77,78)79)24-40(20-32)58(80,81)82;/h3-24,84-85H,25-26H2,1-2H3;1H/q+1;/p-1. The summed E-state index contributed by atoms with van der Waals surface area (Å²) in [7, 11) is 2.34. The van der Waals surface area contributed by atoms with E-state index in [1.807, 2.05) is 0 Å². The summed E-state index contributed by atoms with van der Waals surface area (Å²) in [6, 6.07) is 7.75. The predicted octanol–water partition coefficient (Wildman–Crippen LogP) is 15.5. The van der Waals surface area contributed by atoms with E-state index in [4.69, 9.17) is 0 Å². The van der Waals surface area contributed by atoms with Crippen LogP contribution in [0, 0.1) is 0 Å². The predicted molar refractivity (Wildman–Crippen MR) is 256 cm³/mol. The third-order valence-corrected chi connectivity index (χ3v) is 14.5. The second-order valence-corrected chi connectivity index (χ2v) is 20.8. The molecular formula is C58H34BrF24NO2. The molecule has 0 unspecified atom stereocenters. The van der Waals surface area contributed by atoms with Crippen molar-refractivity contribution >= 4 is 21.5 Å². The summed E-state index contributed by atoms with van der Waals surface area (Å²) in [5.41, 5.74) is -37.2. The van der Waals surface area contributed by atoms with Crippen molar-refractivity contribution in [3.8, 4) is 11.1 Å². The number of benzene rings is 8. The zero-order valence-electron chi connectivity index (χ0n) is 42.9. The summed E-state index contributed by atoms with van der Waals surface area (Å²) in [5, 5.41) is 26.1. The minimum Gasteiger partial charge on any atom is -1.00 e. The number of hydrogen-bond donors (Lipinski definition) is 2. The number of rotatable bonds is 6. The van der Waals surface area contributed by atoms with Crippen LogP contribution in [0.15, 0.2) is 133 Å². The Morgan fingerprint density at radius 2 is 0.477 bits per heavy atom. The van der Waals surface area contributed by atoms with Crippen LogP contribution in [0.4, 0.5) is 105 Å². The molecule has 1 aliphatic rings. The summed E-state index contributed by atoms with van der Waals surface area (Å²) in [6.07, 6.45) is -46.6. The Kier molecular flexibility index (Phi) is 15.7. The van der Waals surface area contributed by atoms with Crippen molar-refractivity contribution < 1.29 is 137 Å². The fraction of sp³-hybridized carbons (Fsp3) is 0.241. The van der Waals surface area contributed by atoms with Gasteiger partial charge in [0.05, 0.1) is 58.6 Å². The number of quaternary nitrogens is 1. The van der Waals surface area contributed by atoms with Gasteiger partial charge in [0.25, 0.3) is 0 Å². The number of hydrogen-bond acceptors (Lipinski definition) is 2. The highest BCUT2D eigenvalue weighted by molar-refractivity contribution is 6.09. The first-order valence-electron chi connectivity index (χ1n) is 24.2. The minimum absolute atomic E-state index is 0. The van der Waals surface area contributed by atoms with E-state index in [9.17, 15) is 116 Å². The Morgan fingerprint density at radius 3 is 0.674 bits per heavy atom. The third kappa shape index (κ3) is 11.9. The van der Waals surface area contributed by atoms with Crippen LogP contribution in [0.5, 0.6) is 0 Å². The van der Waals surface area contributed by atoms with Gasteiger partial charge in [0.15, 0.2) is 0 Å². The van der Waals surface area contributed by atoms with E-state index in [-0.39, 0.29) is 87.1 Å². The normalized spacial score (nSPS) is 14.9. The van der Waals surface area contributed by atoms with Gasteiger partial charge in [-0.3, -0.25) is 0 Å². The van der Waals surface area contributed by atoms with Crippen molar-refractivity contribution in [2.75, 3.05) is 14.1 Å². The molecule has 8 aromatic rings. The Morgan fingerprint density at radius 1 is 0.291 bits per heavy atom. The van der Waals surface area contributed by atoms with Crippen LogP contribution in [-0.4, -0.2) is 28.8 Å². The summed E-state index contributed by atoms with van der Waals surface area (Å²) in [6.45, 7) is -1.75. The molecule has 1 heterocycles. The molecule has 2 N–H and O–H groups in total. The molecule has 9 rings (SSSR count). The van der Waals surface area contributed by atoms with E-state index in [0.717, 1.165) is 24.3 Å². The quantitative estimate of drug-likeness (QED) is 0.0990. The van der Waals surface area contributed by atoms with E-state index >= 15 is 0 Å². The second kappa shape index (κ2) is 20.8. The van der Waals surface area contributed by atoms with Crippen molar-refractivity contribution in [2.45, 2.75) is 73.7 Å². The van der Waals surface area contributed by atoms with Gasteiger partial charge in [0.1, 0.15) is 24.3 Å². The average molecular weight is 1310 g/mol. The van der Waals surface area contributed by atoms with Crippen LogP contribution in [0.25, 0.3) is 32.7 Å².